The zero-order chi connectivity index (χ0) is 25.0. The molecule has 0 spiro atoms. The monoisotopic (exact) mass is 486 g/mol. The molecule has 1 N–H and O–H groups in total. The Bertz CT molecular complexity index is 1160. The smallest absolute Gasteiger partial charge is 0.483 e. The number of alkyl halides is 3. The van der Waals surface area contributed by atoms with Crippen molar-refractivity contribution in [2.45, 2.75) is 31.3 Å². The van der Waals surface area contributed by atoms with Gasteiger partial charge in [0.25, 0.3) is 0 Å². The Morgan fingerprint density at radius 1 is 0.886 bits per heavy atom. The van der Waals surface area contributed by atoms with Gasteiger partial charge in [-0.25, -0.2) is 4.39 Å². The highest BCUT2D eigenvalue weighted by Gasteiger charge is 2.37. The summed E-state index contributed by atoms with van der Waals surface area (Å²) in [6.45, 7) is 0.461. The standard InChI is InChI=1S/C26H22F4N2O3/c27-20-9-5-18(6-10-20)24(32-15-1-2-23(32)33)25(34-21-11-3-17(16-31)4-12-21)19-7-13-22(14-8-19)35-26(28,29)30/h3-14,16,24-25,31H,1-2,15H2/t24-,25+/m1/s1. The van der Waals surface area contributed by atoms with Crippen LogP contribution in [0.5, 0.6) is 11.5 Å². The molecule has 1 heterocycles. The lowest BCUT2D eigenvalue weighted by Gasteiger charge is -2.35. The molecule has 0 aliphatic carbocycles. The SMILES string of the molecule is N=Cc1ccc(O[C@@H](c2ccc(OC(F)(F)F)cc2)[C@@H](c2ccc(F)cc2)N2CCCC2=O)cc1. The van der Waals surface area contributed by atoms with Gasteiger partial charge in [0.2, 0.25) is 5.91 Å². The second kappa shape index (κ2) is 10.2. The van der Waals surface area contributed by atoms with Gasteiger partial charge in [0.1, 0.15) is 23.4 Å². The van der Waals surface area contributed by atoms with Crippen molar-refractivity contribution in [3.63, 3.8) is 0 Å². The van der Waals surface area contributed by atoms with E-state index in [9.17, 15) is 22.4 Å². The molecule has 3 aromatic rings. The number of hydrogen-bond acceptors (Lipinski definition) is 4. The van der Waals surface area contributed by atoms with Crippen molar-refractivity contribution >= 4 is 12.1 Å². The minimum absolute atomic E-state index is 0.0934. The Balaban J connectivity index is 1.77. The van der Waals surface area contributed by atoms with Gasteiger partial charge in [-0.15, -0.1) is 13.2 Å². The van der Waals surface area contributed by atoms with Crippen molar-refractivity contribution in [3.05, 3.63) is 95.3 Å². The summed E-state index contributed by atoms with van der Waals surface area (Å²) in [5.74, 6) is -0.474. The average Bonchev–Trinajstić information content (AvgIpc) is 3.25. The number of ether oxygens (including phenoxy) is 2. The van der Waals surface area contributed by atoms with E-state index in [1.165, 1.54) is 42.6 Å². The first-order valence-electron chi connectivity index (χ1n) is 10.9. The third-order valence-corrected chi connectivity index (χ3v) is 5.70. The fourth-order valence-electron chi connectivity index (χ4n) is 4.10. The fraction of sp³-hybridized carbons (Fsp3) is 0.231. The van der Waals surface area contributed by atoms with E-state index in [1.807, 2.05) is 0 Å². The highest BCUT2D eigenvalue weighted by molar-refractivity contribution is 5.79. The van der Waals surface area contributed by atoms with Gasteiger partial charge in [-0.1, -0.05) is 24.3 Å². The van der Waals surface area contributed by atoms with E-state index in [4.69, 9.17) is 10.1 Å². The van der Waals surface area contributed by atoms with E-state index < -0.39 is 24.3 Å². The van der Waals surface area contributed by atoms with Crippen molar-refractivity contribution in [1.82, 2.24) is 4.90 Å². The van der Waals surface area contributed by atoms with Gasteiger partial charge in [0, 0.05) is 19.2 Å². The lowest BCUT2D eigenvalue weighted by molar-refractivity contribution is -0.274. The molecule has 0 bridgehead atoms. The van der Waals surface area contributed by atoms with E-state index in [1.54, 1.807) is 41.3 Å². The van der Waals surface area contributed by atoms with E-state index in [0.717, 1.165) is 0 Å². The molecule has 1 amide bonds. The second-order valence-electron chi connectivity index (χ2n) is 8.06. The van der Waals surface area contributed by atoms with Crippen molar-refractivity contribution in [1.29, 1.82) is 5.41 Å². The summed E-state index contributed by atoms with van der Waals surface area (Å²) in [5.41, 5.74) is 1.79. The number of halogens is 4. The summed E-state index contributed by atoms with van der Waals surface area (Å²) < 4.78 is 61.9. The van der Waals surface area contributed by atoms with Crippen molar-refractivity contribution < 1.29 is 31.8 Å². The van der Waals surface area contributed by atoms with Crippen LogP contribution in [0.2, 0.25) is 0 Å². The summed E-state index contributed by atoms with van der Waals surface area (Å²) >= 11 is 0. The first kappa shape index (κ1) is 24.3. The summed E-state index contributed by atoms with van der Waals surface area (Å²) in [6, 6.07) is 17.0. The van der Waals surface area contributed by atoms with Gasteiger partial charge >= 0.3 is 6.36 Å². The molecule has 1 aliphatic heterocycles. The quantitative estimate of drug-likeness (QED) is 0.304. The van der Waals surface area contributed by atoms with Gasteiger partial charge in [0.05, 0.1) is 6.04 Å². The zero-order valence-corrected chi connectivity index (χ0v) is 18.5. The number of nitrogens with zero attached hydrogens (tertiary/aromatic N) is 1. The lowest BCUT2D eigenvalue weighted by Crippen LogP contribution is -2.36. The van der Waals surface area contributed by atoms with Crippen LogP contribution in [0, 0.1) is 11.2 Å². The summed E-state index contributed by atoms with van der Waals surface area (Å²) in [6.07, 6.45) is -3.46. The maximum atomic E-state index is 13.7. The molecular formula is C26H22F4N2O3. The van der Waals surface area contributed by atoms with Crippen LogP contribution in [-0.4, -0.2) is 29.9 Å². The van der Waals surface area contributed by atoms with Crippen LogP contribution in [-0.2, 0) is 4.79 Å². The Morgan fingerprint density at radius 2 is 1.49 bits per heavy atom. The largest absolute Gasteiger partial charge is 0.573 e. The molecule has 4 rings (SSSR count). The summed E-state index contributed by atoms with van der Waals surface area (Å²) in [4.78, 5) is 14.4. The van der Waals surface area contributed by atoms with E-state index in [2.05, 4.69) is 4.74 Å². The molecule has 3 aromatic carbocycles. The van der Waals surface area contributed by atoms with Gasteiger partial charge in [-0.3, -0.25) is 4.79 Å². The van der Waals surface area contributed by atoms with Crippen LogP contribution < -0.4 is 9.47 Å². The molecule has 35 heavy (non-hydrogen) atoms. The number of likely N-dealkylation sites (tertiary alicyclic amines) is 1. The number of carbonyl (C=O) groups excluding carboxylic acids is 1. The van der Waals surface area contributed by atoms with Crippen LogP contribution in [0.4, 0.5) is 17.6 Å². The number of carbonyl (C=O) groups is 1. The predicted molar refractivity (Wildman–Crippen MR) is 121 cm³/mol. The Labute approximate surface area is 199 Å². The Hall–Kier alpha value is -3.88. The molecule has 0 unspecified atom stereocenters. The number of benzene rings is 3. The molecular weight excluding hydrogens is 464 g/mol. The molecule has 5 nitrogen and oxygen atoms in total. The highest BCUT2D eigenvalue weighted by Crippen LogP contribution is 2.40. The van der Waals surface area contributed by atoms with Crippen LogP contribution in [0.15, 0.2) is 72.8 Å². The number of rotatable bonds is 8. The molecule has 182 valence electrons. The van der Waals surface area contributed by atoms with Crippen molar-refractivity contribution in [3.8, 4) is 11.5 Å². The first-order valence-corrected chi connectivity index (χ1v) is 10.9. The zero-order valence-electron chi connectivity index (χ0n) is 18.5. The molecule has 1 fully saturated rings. The van der Waals surface area contributed by atoms with Crippen LogP contribution >= 0.6 is 0 Å². The summed E-state index contributed by atoms with van der Waals surface area (Å²) in [5, 5.41) is 7.37. The van der Waals surface area contributed by atoms with Crippen LogP contribution in [0.1, 0.15) is 41.7 Å². The van der Waals surface area contributed by atoms with Gasteiger partial charge in [-0.2, -0.15) is 0 Å². The predicted octanol–water partition coefficient (Wildman–Crippen LogP) is 6.21. The fourth-order valence-corrected chi connectivity index (χ4v) is 4.10. The molecule has 1 aliphatic rings. The van der Waals surface area contributed by atoms with E-state index in [0.29, 0.717) is 41.8 Å². The average molecular weight is 486 g/mol. The number of hydrogen-bond donors (Lipinski definition) is 1. The maximum Gasteiger partial charge on any atom is 0.573 e. The first-order chi connectivity index (χ1) is 16.7. The minimum Gasteiger partial charge on any atom is -0.483 e. The third-order valence-electron chi connectivity index (χ3n) is 5.70. The highest BCUT2D eigenvalue weighted by atomic mass is 19.4. The van der Waals surface area contributed by atoms with Crippen molar-refractivity contribution in [2.75, 3.05) is 6.54 Å². The second-order valence-corrected chi connectivity index (χ2v) is 8.06. The molecule has 0 radical (unpaired) electrons. The number of nitrogens with one attached hydrogen (secondary N) is 1. The third kappa shape index (κ3) is 5.98. The molecule has 0 aromatic heterocycles. The maximum absolute atomic E-state index is 13.7. The minimum atomic E-state index is -4.83. The molecule has 2 atom stereocenters. The van der Waals surface area contributed by atoms with Crippen LogP contribution in [0.25, 0.3) is 0 Å². The van der Waals surface area contributed by atoms with Crippen LogP contribution in [0.3, 0.4) is 0 Å². The summed E-state index contributed by atoms with van der Waals surface area (Å²) in [7, 11) is 0. The Morgan fingerprint density at radius 3 is 2.03 bits per heavy atom. The van der Waals surface area contributed by atoms with E-state index >= 15 is 0 Å². The molecule has 9 heteroatoms. The number of amides is 1. The van der Waals surface area contributed by atoms with E-state index in [-0.39, 0.29) is 11.7 Å². The Kier molecular flexibility index (Phi) is 7.04. The normalized spacial score (nSPS) is 15.5. The lowest BCUT2D eigenvalue weighted by atomic mass is 9.94. The van der Waals surface area contributed by atoms with Gasteiger partial charge < -0.3 is 19.8 Å². The van der Waals surface area contributed by atoms with Gasteiger partial charge in [-0.05, 0) is 71.6 Å². The molecule has 0 saturated carbocycles. The van der Waals surface area contributed by atoms with Crippen molar-refractivity contribution in [2.24, 2.45) is 0 Å². The van der Waals surface area contributed by atoms with Gasteiger partial charge in [0.15, 0.2) is 0 Å². The molecule has 1 saturated heterocycles. The topological polar surface area (TPSA) is 62.6 Å².